The summed E-state index contributed by atoms with van der Waals surface area (Å²) in [6.45, 7) is 1.42. The van der Waals surface area contributed by atoms with Crippen LogP contribution in [-0.2, 0) is 30.5 Å². The second-order valence-corrected chi connectivity index (χ2v) is 7.12. The standard InChI is InChI=1S/C16H21ClN2O3.C4H4O4/c1-18(2)9-10-22-16(21)14-7-8-15(20)19(14)11-12-3-5-13(17)6-4-12;5-3(6)1-2-4(7)8/h3-6,14H,7-11H2,1-2H3;1-2H,(H,5,6)(H,7,8)/b;2-1+/t14-;/m0./s1. The molecule has 2 rings (SSSR count). The van der Waals surface area contributed by atoms with Crippen molar-refractivity contribution in [3.8, 4) is 0 Å². The molecule has 30 heavy (non-hydrogen) atoms. The Kier molecular flexibility index (Phi) is 10.6. The van der Waals surface area contributed by atoms with Crippen molar-refractivity contribution in [2.75, 3.05) is 27.2 Å². The Labute approximate surface area is 179 Å². The average molecular weight is 441 g/mol. The number of aliphatic carboxylic acids is 2. The molecule has 1 aliphatic heterocycles. The van der Waals surface area contributed by atoms with E-state index in [-0.39, 0.29) is 11.9 Å². The van der Waals surface area contributed by atoms with E-state index in [1.54, 1.807) is 17.0 Å². The van der Waals surface area contributed by atoms with Gasteiger partial charge in [0.25, 0.3) is 0 Å². The van der Waals surface area contributed by atoms with Gasteiger partial charge < -0.3 is 24.7 Å². The summed E-state index contributed by atoms with van der Waals surface area (Å²) in [5.41, 5.74) is 0.950. The normalized spacial score (nSPS) is 15.8. The molecule has 0 saturated carbocycles. The molecule has 1 aromatic carbocycles. The van der Waals surface area contributed by atoms with Gasteiger partial charge in [-0.3, -0.25) is 4.79 Å². The molecule has 1 amide bonds. The van der Waals surface area contributed by atoms with Crippen LogP contribution in [0.5, 0.6) is 0 Å². The van der Waals surface area contributed by atoms with Crippen LogP contribution in [0.15, 0.2) is 36.4 Å². The molecule has 2 N–H and O–H groups in total. The molecule has 1 aromatic rings. The summed E-state index contributed by atoms with van der Waals surface area (Å²) < 4.78 is 5.28. The predicted octanol–water partition coefficient (Wildman–Crippen LogP) is 1.65. The third kappa shape index (κ3) is 9.53. The van der Waals surface area contributed by atoms with Gasteiger partial charge in [-0.05, 0) is 38.2 Å². The Morgan fingerprint density at radius 2 is 1.73 bits per heavy atom. The third-order valence-corrected chi connectivity index (χ3v) is 4.27. The predicted molar refractivity (Wildman–Crippen MR) is 109 cm³/mol. The Morgan fingerprint density at radius 3 is 2.23 bits per heavy atom. The van der Waals surface area contributed by atoms with Crippen LogP contribution in [0.3, 0.4) is 0 Å². The van der Waals surface area contributed by atoms with Crippen molar-refractivity contribution in [1.82, 2.24) is 9.80 Å². The molecule has 1 saturated heterocycles. The number of carboxylic acid groups (broad SMARTS) is 2. The van der Waals surface area contributed by atoms with Crippen molar-refractivity contribution in [1.29, 1.82) is 0 Å². The van der Waals surface area contributed by atoms with Gasteiger partial charge in [0.1, 0.15) is 12.6 Å². The lowest BCUT2D eigenvalue weighted by atomic mass is 10.2. The SMILES string of the molecule is CN(C)CCOC(=O)[C@@H]1CCC(=O)N1Cc1ccc(Cl)cc1.O=C(O)/C=C/C(=O)O. The van der Waals surface area contributed by atoms with Crippen molar-refractivity contribution in [3.63, 3.8) is 0 Å². The number of carboxylic acids is 2. The van der Waals surface area contributed by atoms with Crippen LogP contribution in [0.2, 0.25) is 5.02 Å². The van der Waals surface area contributed by atoms with Gasteiger partial charge in [-0.25, -0.2) is 14.4 Å². The highest BCUT2D eigenvalue weighted by atomic mass is 35.5. The summed E-state index contributed by atoms with van der Waals surface area (Å²) in [6, 6.07) is 6.80. The van der Waals surface area contributed by atoms with Crippen molar-refractivity contribution >= 4 is 35.4 Å². The number of nitrogens with zero attached hydrogens (tertiary/aromatic N) is 2. The zero-order valence-electron chi connectivity index (χ0n) is 16.8. The lowest BCUT2D eigenvalue weighted by Crippen LogP contribution is -2.39. The summed E-state index contributed by atoms with van der Waals surface area (Å²) in [5.74, 6) is -2.84. The van der Waals surface area contributed by atoms with Crippen molar-refractivity contribution in [2.45, 2.75) is 25.4 Å². The maximum Gasteiger partial charge on any atom is 0.328 e. The van der Waals surface area contributed by atoms with Crippen LogP contribution >= 0.6 is 11.6 Å². The first-order valence-corrected chi connectivity index (χ1v) is 9.47. The minimum absolute atomic E-state index is 0.00971. The fraction of sp³-hybridized carbons (Fsp3) is 0.400. The summed E-state index contributed by atoms with van der Waals surface area (Å²) in [4.78, 5) is 46.8. The van der Waals surface area contributed by atoms with Crippen molar-refractivity contribution in [3.05, 3.63) is 47.0 Å². The molecule has 0 bridgehead atoms. The summed E-state index contributed by atoms with van der Waals surface area (Å²) in [6.07, 6.45) is 2.03. The number of halogens is 1. The number of carbonyl (C=O) groups is 4. The molecule has 1 atom stereocenters. The lowest BCUT2D eigenvalue weighted by Gasteiger charge is -2.23. The molecule has 9 nitrogen and oxygen atoms in total. The van der Waals surface area contributed by atoms with Gasteiger partial charge in [-0.2, -0.15) is 0 Å². The number of amides is 1. The Morgan fingerprint density at radius 1 is 1.17 bits per heavy atom. The lowest BCUT2D eigenvalue weighted by molar-refractivity contribution is -0.152. The number of benzene rings is 1. The zero-order valence-corrected chi connectivity index (χ0v) is 17.5. The molecule has 0 radical (unpaired) electrons. The molecular formula is C20H25ClN2O7. The third-order valence-electron chi connectivity index (χ3n) is 4.02. The quantitative estimate of drug-likeness (QED) is 0.461. The number of likely N-dealkylation sites (tertiary alicyclic amines) is 1. The van der Waals surface area contributed by atoms with E-state index in [4.69, 9.17) is 26.6 Å². The molecule has 0 unspecified atom stereocenters. The largest absolute Gasteiger partial charge is 0.478 e. The fourth-order valence-electron chi connectivity index (χ4n) is 2.53. The Bertz CT molecular complexity index is 762. The van der Waals surface area contributed by atoms with E-state index in [1.165, 1.54) is 0 Å². The number of rotatable bonds is 8. The molecule has 1 heterocycles. The number of likely N-dealkylation sites (N-methyl/N-ethyl adjacent to an activating group) is 1. The topological polar surface area (TPSA) is 124 Å². The van der Waals surface area contributed by atoms with E-state index in [1.807, 2.05) is 31.1 Å². The highest BCUT2D eigenvalue weighted by Gasteiger charge is 2.36. The molecule has 164 valence electrons. The molecule has 1 fully saturated rings. The van der Waals surface area contributed by atoms with Gasteiger partial charge in [0, 0.05) is 36.7 Å². The van der Waals surface area contributed by atoms with Crippen molar-refractivity contribution < 1.29 is 34.1 Å². The maximum atomic E-state index is 12.2. The minimum atomic E-state index is -1.26. The van der Waals surface area contributed by atoms with Gasteiger partial charge in [-0.1, -0.05) is 23.7 Å². The highest BCUT2D eigenvalue weighted by Crippen LogP contribution is 2.23. The van der Waals surface area contributed by atoms with E-state index in [9.17, 15) is 19.2 Å². The summed E-state index contributed by atoms with van der Waals surface area (Å²) in [7, 11) is 3.83. The van der Waals surface area contributed by atoms with E-state index in [2.05, 4.69) is 0 Å². The van der Waals surface area contributed by atoms with E-state index < -0.39 is 18.0 Å². The molecule has 0 spiro atoms. The van der Waals surface area contributed by atoms with Crippen LogP contribution in [-0.4, -0.2) is 77.1 Å². The zero-order chi connectivity index (χ0) is 22.7. The number of esters is 1. The van der Waals surface area contributed by atoms with Gasteiger partial charge in [0.05, 0.1) is 0 Å². The smallest absolute Gasteiger partial charge is 0.328 e. The average Bonchev–Trinajstić information content (AvgIpc) is 3.02. The van der Waals surface area contributed by atoms with E-state index in [0.717, 1.165) is 5.56 Å². The molecule has 0 aliphatic carbocycles. The second-order valence-electron chi connectivity index (χ2n) is 6.68. The fourth-order valence-corrected chi connectivity index (χ4v) is 2.66. The molecule has 10 heteroatoms. The number of ether oxygens (including phenoxy) is 1. The van der Waals surface area contributed by atoms with Gasteiger partial charge in [-0.15, -0.1) is 0 Å². The number of carbonyl (C=O) groups excluding carboxylic acids is 2. The number of hydrogen-bond donors (Lipinski definition) is 2. The van der Waals surface area contributed by atoms with Crippen LogP contribution in [0.4, 0.5) is 0 Å². The highest BCUT2D eigenvalue weighted by molar-refractivity contribution is 6.30. The second kappa shape index (κ2) is 12.6. The van der Waals surface area contributed by atoms with Crippen LogP contribution in [0.25, 0.3) is 0 Å². The Balaban J connectivity index is 0.000000479. The van der Waals surface area contributed by atoms with Crippen LogP contribution in [0, 0.1) is 0 Å². The first kappa shape index (κ1) is 25.1. The first-order chi connectivity index (χ1) is 14.1. The Hall–Kier alpha value is -2.91. The summed E-state index contributed by atoms with van der Waals surface area (Å²) in [5, 5.41) is 16.3. The summed E-state index contributed by atoms with van der Waals surface area (Å²) >= 11 is 5.86. The van der Waals surface area contributed by atoms with Gasteiger partial charge >= 0.3 is 17.9 Å². The van der Waals surface area contributed by atoms with Gasteiger partial charge in [0.15, 0.2) is 0 Å². The van der Waals surface area contributed by atoms with E-state index in [0.29, 0.717) is 49.7 Å². The van der Waals surface area contributed by atoms with Crippen LogP contribution in [0.1, 0.15) is 18.4 Å². The van der Waals surface area contributed by atoms with Crippen molar-refractivity contribution in [2.24, 2.45) is 0 Å². The minimum Gasteiger partial charge on any atom is -0.478 e. The first-order valence-electron chi connectivity index (χ1n) is 9.09. The molecular weight excluding hydrogens is 416 g/mol. The number of hydrogen-bond acceptors (Lipinski definition) is 6. The van der Waals surface area contributed by atoms with E-state index >= 15 is 0 Å². The maximum absolute atomic E-state index is 12.2. The molecule has 1 aliphatic rings. The van der Waals surface area contributed by atoms with Gasteiger partial charge in [0.2, 0.25) is 5.91 Å². The molecule has 0 aromatic heterocycles. The van der Waals surface area contributed by atoms with Crippen LogP contribution < -0.4 is 0 Å². The monoisotopic (exact) mass is 440 g/mol.